The highest BCUT2D eigenvalue weighted by molar-refractivity contribution is 5.97. The summed E-state index contributed by atoms with van der Waals surface area (Å²) in [5, 5.41) is 12.9. The summed E-state index contributed by atoms with van der Waals surface area (Å²) in [5.41, 5.74) is 3.75. The van der Waals surface area contributed by atoms with E-state index in [1.165, 1.54) is 24.8 Å². The van der Waals surface area contributed by atoms with E-state index in [-0.39, 0.29) is 11.5 Å². The van der Waals surface area contributed by atoms with E-state index in [4.69, 9.17) is 4.98 Å². The Bertz CT molecular complexity index is 1030. The van der Waals surface area contributed by atoms with Crippen LogP contribution >= 0.6 is 0 Å². The molecule has 1 unspecified atom stereocenters. The first-order valence-corrected chi connectivity index (χ1v) is 11.6. The molecule has 0 radical (unpaired) electrons. The fourth-order valence-corrected chi connectivity index (χ4v) is 4.27. The van der Waals surface area contributed by atoms with Crippen molar-refractivity contribution in [3.8, 4) is 17.0 Å². The minimum Gasteiger partial charge on any atom is -0.508 e. The lowest BCUT2D eigenvalue weighted by Crippen LogP contribution is -2.34. The lowest BCUT2D eigenvalue weighted by molar-refractivity contribution is 0.0974. The molecule has 5 heteroatoms. The fraction of sp³-hybridized carbons (Fsp3) is 0.370. The second-order valence-electron chi connectivity index (χ2n) is 8.57. The van der Waals surface area contributed by atoms with Crippen LogP contribution in [0.2, 0.25) is 0 Å². The normalized spacial score (nSPS) is 16.1. The lowest BCUT2D eigenvalue weighted by atomic mass is 9.96. The largest absolute Gasteiger partial charge is 0.508 e. The van der Waals surface area contributed by atoms with Gasteiger partial charge in [0.25, 0.3) is 0 Å². The van der Waals surface area contributed by atoms with Gasteiger partial charge in [0.1, 0.15) is 11.6 Å². The van der Waals surface area contributed by atoms with Crippen LogP contribution in [0.3, 0.4) is 0 Å². The molecule has 1 fully saturated rings. The van der Waals surface area contributed by atoms with Crippen LogP contribution in [0, 0.1) is 0 Å². The molecule has 1 saturated heterocycles. The summed E-state index contributed by atoms with van der Waals surface area (Å²) in [6.07, 6.45) is 9.56. The van der Waals surface area contributed by atoms with Crippen molar-refractivity contribution in [2.24, 2.45) is 0 Å². The number of benzene rings is 2. The van der Waals surface area contributed by atoms with Gasteiger partial charge in [-0.05, 0) is 68.5 Å². The molecule has 2 heterocycles. The van der Waals surface area contributed by atoms with E-state index in [1.54, 1.807) is 18.3 Å². The predicted octanol–water partition coefficient (Wildman–Crippen LogP) is 5.13. The number of aryl methyl sites for hydroxylation is 2. The maximum atomic E-state index is 12.8. The summed E-state index contributed by atoms with van der Waals surface area (Å²) in [7, 11) is 0. The Morgan fingerprint density at radius 1 is 1.06 bits per heavy atom. The van der Waals surface area contributed by atoms with Crippen molar-refractivity contribution >= 4 is 5.78 Å². The summed E-state index contributed by atoms with van der Waals surface area (Å²) < 4.78 is 0. The Kier molecular flexibility index (Phi) is 7.62. The molecule has 1 aliphatic heterocycles. The number of carbonyl (C=O) groups is 1. The second kappa shape index (κ2) is 11.0. The van der Waals surface area contributed by atoms with Crippen LogP contribution < -0.4 is 5.32 Å². The van der Waals surface area contributed by atoms with E-state index in [0.29, 0.717) is 12.5 Å². The van der Waals surface area contributed by atoms with Gasteiger partial charge in [0.2, 0.25) is 0 Å². The van der Waals surface area contributed by atoms with Crippen molar-refractivity contribution in [1.29, 1.82) is 0 Å². The van der Waals surface area contributed by atoms with Gasteiger partial charge in [-0.25, -0.2) is 9.97 Å². The van der Waals surface area contributed by atoms with E-state index in [0.717, 1.165) is 54.9 Å². The summed E-state index contributed by atoms with van der Waals surface area (Å²) >= 11 is 0. The molecule has 4 rings (SSSR count). The van der Waals surface area contributed by atoms with Gasteiger partial charge in [0.15, 0.2) is 5.78 Å². The third-order valence-electron chi connectivity index (χ3n) is 6.12. The molecule has 2 N–H and O–H groups in total. The summed E-state index contributed by atoms with van der Waals surface area (Å²) in [6.45, 7) is 1.07. The first-order valence-electron chi connectivity index (χ1n) is 11.6. The van der Waals surface area contributed by atoms with E-state index < -0.39 is 0 Å². The molecule has 5 nitrogen and oxygen atoms in total. The number of aromatic hydroxyl groups is 1. The molecule has 0 spiro atoms. The molecular formula is C27H31N3O2. The summed E-state index contributed by atoms with van der Waals surface area (Å²) in [5.74, 6) is 1.29. The molecule has 32 heavy (non-hydrogen) atoms. The third kappa shape index (κ3) is 6.24. The van der Waals surface area contributed by atoms with Crippen LogP contribution in [0.25, 0.3) is 11.3 Å². The lowest BCUT2D eigenvalue weighted by Gasteiger charge is -2.23. The van der Waals surface area contributed by atoms with Crippen LogP contribution in [-0.2, 0) is 12.8 Å². The van der Waals surface area contributed by atoms with Crippen molar-refractivity contribution < 1.29 is 9.90 Å². The van der Waals surface area contributed by atoms with Crippen LogP contribution in [0.1, 0.15) is 60.3 Å². The number of phenolic OH excluding ortho intramolecular Hbond substituents is 1. The molecule has 0 saturated carbocycles. The minimum absolute atomic E-state index is 0.197. The number of ketones is 1. The number of piperidine rings is 1. The molecular weight excluding hydrogens is 398 g/mol. The first-order chi connectivity index (χ1) is 15.7. The smallest absolute Gasteiger partial charge is 0.162 e. The Morgan fingerprint density at radius 2 is 1.94 bits per heavy atom. The number of nitrogens with zero attached hydrogens (tertiary/aromatic N) is 2. The Balaban J connectivity index is 1.35. The zero-order valence-corrected chi connectivity index (χ0v) is 18.5. The zero-order chi connectivity index (χ0) is 22.2. The van der Waals surface area contributed by atoms with Crippen LogP contribution in [0.5, 0.6) is 5.75 Å². The van der Waals surface area contributed by atoms with Gasteiger partial charge in [-0.2, -0.15) is 0 Å². The number of hydrogen-bond donors (Lipinski definition) is 2. The third-order valence-corrected chi connectivity index (χ3v) is 6.12. The quantitative estimate of drug-likeness (QED) is 0.461. The maximum Gasteiger partial charge on any atom is 0.162 e. The zero-order valence-electron chi connectivity index (χ0n) is 18.5. The van der Waals surface area contributed by atoms with Crippen molar-refractivity contribution in [3.63, 3.8) is 0 Å². The number of rotatable bonds is 9. The van der Waals surface area contributed by atoms with Crippen molar-refractivity contribution in [1.82, 2.24) is 15.3 Å². The molecule has 0 aliphatic carbocycles. The molecule has 2 aromatic carbocycles. The van der Waals surface area contributed by atoms with Crippen molar-refractivity contribution in [3.05, 3.63) is 77.7 Å². The SMILES string of the molecule is O=C(CCC1CCCCN1)c1cccc(-c2ccnc(CCCc3ccc(O)cc3)n2)c1. The Labute approximate surface area is 189 Å². The predicted molar refractivity (Wildman–Crippen MR) is 127 cm³/mol. The van der Waals surface area contributed by atoms with Gasteiger partial charge in [-0.1, -0.05) is 36.8 Å². The Hall–Kier alpha value is -3.05. The van der Waals surface area contributed by atoms with Gasteiger partial charge in [-0.3, -0.25) is 4.79 Å². The first kappa shape index (κ1) is 22.2. The van der Waals surface area contributed by atoms with Gasteiger partial charge >= 0.3 is 0 Å². The van der Waals surface area contributed by atoms with E-state index >= 15 is 0 Å². The number of hydrogen-bond acceptors (Lipinski definition) is 5. The van der Waals surface area contributed by atoms with E-state index in [1.807, 2.05) is 42.5 Å². The van der Waals surface area contributed by atoms with Gasteiger partial charge in [0.05, 0.1) is 5.69 Å². The number of carbonyl (C=O) groups excluding carboxylic acids is 1. The molecule has 0 amide bonds. The highest BCUT2D eigenvalue weighted by Gasteiger charge is 2.15. The number of phenols is 1. The molecule has 0 bridgehead atoms. The van der Waals surface area contributed by atoms with E-state index in [9.17, 15) is 9.90 Å². The standard InChI is InChI=1S/C27H31N3O2/c31-24-13-10-20(11-14-24)5-3-9-27-29-18-16-25(30-27)21-6-4-7-22(19-21)26(32)15-12-23-8-1-2-17-28-23/h4,6-7,10-11,13-14,16,18-19,23,28,31H,1-3,5,8-9,12,15,17H2. The highest BCUT2D eigenvalue weighted by Crippen LogP contribution is 2.21. The monoisotopic (exact) mass is 429 g/mol. The topological polar surface area (TPSA) is 75.1 Å². The maximum absolute atomic E-state index is 12.8. The van der Waals surface area contributed by atoms with Gasteiger partial charge < -0.3 is 10.4 Å². The summed E-state index contributed by atoms with van der Waals surface area (Å²) in [6, 6.07) is 17.5. The van der Waals surface area contributed by atoms with E-state index in [2.05, 4.69) is 10.3 Å². The highest BCUT2D eigenvalue weighted by atomic mass is 16.3. The number of Topliss-reactive ketones (excluding diaryl/α,β-unsaturated/α-hetero) is 1. The van der Waals surface area contributed by atoms with Crippen LogP contribution in [0.4, 0.5) is 0 Å². The Morgan fingerprint density at radius 3 is 2.75 bits per heavy atom. The van der Waals surface area contributed by atoms with Crippen molar-refractivity contribution in [2.45, 2.75) is 57.4 Å². The summed E-state index contributed by atoms with van der Waals surface area (Å²) in [4.78, 5) is 21.9. The number of aromatic nitrogens is 2. The molecule has 1 aliphatic rings. The van der Waals surface area contributed by atoms with Gasteiger partial charge in [0, 0.05) is 36.2 Å². The molecule has 166 valence electrons. The molecule has 3 aromatic rings. The van der Waals surface area contributed by atoms with Gasteiger partial charge in [-0.15, -0.1) is 0 Å². The fourth-order valence-electron chi connectivity index (χ4n) is 4.27. The minimum atomic E-state index is 0.197. The molecule has 1 aromatic heterocycles. The number of nitrogens with one attached hydrogen (secondary N) is 1. The average molecular weight is 430 g/mol. The van der Waals surface area contributed by atoms with Crippen LogP contribution in [0.15, 0.2) is 60.8 Å². The molecule has 1 atom stereocenters. The average Bonchev–Trinajstić information content (AvgIpc) is 2.85. The van der Waals surface area contributed by atoms with Crippen LogP contribution in [-0.4, -0.2) is 33.4 Å². The second-order valence-corrected chi connectivity index (χ2v) is 8.57. The van der Waals surface area contributed by atoms with Crippen molar-refractivity contribution in [2.75, 3.05) is 6.54 Å².